The van der Waals surface area contributed by atoms with Gasteiger partial charge in [0.2, 0.25) is 0 Å². The summed E-state index contributed by atoms with van der Waals surface area (Å²) in [6.07, 6.45) is 0.929. The fraction of sp³-hybridized carbons (Fsp3) is 0.350. The second-order valence-electron chi connectivity index (χ2n) is 6.22. The molecule has 1 saturated heterocycles. The molecule has 25 heavy (non-hydrogen) atoms. The van der Waals surface area contributed by atoms with E-state index < -0.39 is 5.82 Å². The van der Waals surface area contributed by atoms with E-state index in [1.54, 1.807) is 12.1 Å². The van der Waals surface area contributed by atoms with E-state index in [-0.39, 0.29) is 18.3 Å². The van der Waals surface area contributed by atoms with Crippen molar-refractivity contribution in [2.45, 2.75) is 13.0 Å². The fourth-order valence-electron chi connectivity index (χ4n) is 3.01. The van der Waals surface area contributed by atoms with Crippen LogP contribution in [0.3, 0.4) is 0 Å². The lowest BCUT2D eigenvalue weighted by Crippen LogP contribution is -2.38. The maximum Gasteiger partial charge on any atom is 0.260 e. The van der Waals surface area contributed by atoms with Gasteiger partial charge in [-0.25, -0.2) is 4.39 Å². The molecule has 0 bridgehead atoms. The molecule has 0 aliphatic carbocycles. The zero-order chi connectivity index (χ0) is 17.5. The van der Waals surface area contributed by atoms with Crippen molar-refractivity contribution in [3.8, 4) is 5.75 Å². The minimum absolute atomic E-state index is 0.0928. The highest BCUT2D eigenvalue weighted by atomic mass is 19.1. The average molecular weight is 342 g/mol. The standard InChI is InChI=1S/C20H23FN2O2/c21-18-9-4-5-10-19(18)25-16-20(24)23-12-6-11-22(13-14-23)15-17-7-2-1-3-8-17/h1-5,7-10H,6,11-16H2. The third-order valence-corrected chi connectivity index (χ3v) is 4.38. The van der Waals surface area contributed by atoms with Crippen molar-refractivity contribution in [1.82, 2.24) is 9.80 Å². The molecule has 1 fully saturated rings. The van der Waals surface area contributed by atoms with Gasteiger partial charge in [-0.15, -0.1) is 0 Å². The Kier molecular flexibility index (Phi) is 6.01. The lowest BCUT2D eigenvalue weighted by Gasteiger charge is -2.22. The maximum absolute atomic E-state index is 13.5. The zero-order valence-electron chi connectivity index (χ0n) is 14.2. The summed E-state index contributed by atoms with van der Waals surface area (Å²) in [6, 6.07) is 16.5. The Hall–Kier alpha value is -2.40. The van der Waals surface area contributed by atoms with Crippen LogP contribution in [0.4, 0.5) is 4.39 Å². The Morgan fingerprint density at radius 3 is 2.52 bits per heavy atom. The van der Waals surface area contributed by atoms with Gasteiger partial charge in [-0.1, -0.05) is 42.5 Å². The smallest absolute Gasteiger partial charge is 0.260 e. The third-order valence-electron chi connectivity index (χ3n) is 4.38. The van der Waals surface area contributed by atoms with Crippen molar-refractivity contribution in [3.05, 3.63) is 66.0 Å². The number of para-hydroxylation sites is 1. The van der Waals surface area contributed by atoms with Crippen LogP contribution in [-0.2, 0) is 11.3 Å². The van der Waals surface area contributed by atoms with Gasteiger partial charge in [0, 0.05) is 32.7 Å². The Morgan fingerprint density at radius 1 is 0.960 bits per heavy atom. The van der Waals surface area contributed by atoms with Gasteiger partial charge in [-0.2, -0.15) is 0 Å². The molecule has 1 heterocycles. The number of carbonyl (C=O) groups is 1. The SMILES string of the molecule is O=C(COc1ccccc1F)N1CCCN(Cc2ccccc2)CC1. The number of halogens is 1. The van der Waals surface area contributed by atoms with Crippen LogP contribution in [-0.4, -0.2) is 48.5 Å². The van der Waals surface area contributed by atoms with Gasteiger partial charge in [0.05, 0.1) is 0 Å². The van der Waals surface area contributed by atoms with Crippen molar-refractivity contribution < 1.29 is 13.9 Å². The molecule has 1 aliphatic heterocycles. The summed E-state index contributed by atoms with van der Waals surface area (Å²) in [5, 5.41) is 0. The summed E-state index contributed by atoms with van der Waals surface area (Å²) in [4.78, 5) is 16.5. The van der Waals surface area contributed by atoms with Gasteiger partial charge in [0.1, 0.15) is 0 Å². The van der Waals surface area contributed by atoms with Crippen molar-refractivity contribution in [2.75, 3.05) is 32.8 Å². The van der Waals surface area contributed by atoms with Crippen LogP contribution < -0.4 is 4.74 Å². The van der Waals surface area contributed by atoms with Crippen molar-refractivity contribution in [2.24, 2.45) is 0 Å². The lowest BCUT2D eigenvalue weighted by molar-refractivity contribution is -0.133. The monoisotopic (exact) mass is 342 g/mol. The Balaban J connectivity index is 1.49. The van der Waals surface area contributed by atoms with Crippen LogP contribution in [0.5, 0.6) is 5.75 Å². The Labute approximate surface area is 147 Å². The van der Waals surface area contributed by atoms with E-state index in [1.807, 2.05) is 23.1 Å². The molecule has 1 aliphatic rings. The molecule has 0 spiro atoms. The summed E-state index contributed by atoms with van der Waals surface area (Å²) < 4.78 is 18.9. The van der Waals surface area contributed by atoms with E-state index in [0.29, 0.717) is 13.1 Å². The molecule has 0 atom stereocenters. The van der Waals surface area contributed by atoms with Crippen molar-refractivity contribution >= 4 is 5.91 Å². The maximum atomic E-state index is 13.5. The number of benzene rings is 2. The molecule has 2 aromatic carbocycles. The predicted molar refractivity (Wildman–Crippen MR) is 94.8 cm³/mol. The van der Waals surface area contributed by atoms with Gasteiger partial charge >= 0.3 is 0 Å². The van der Waals surface area contributed by atoms with Crippen molar-refractivity contribution in [1.29, 1.82) is 0 Å². The molecule has 0 radical (unpaired) electrons. The first kappa shape index (κ1) is 17.4. The molecule has 2 aromatic rings. The average Bonchev–Trinajstić information content (AvgIpc) is 2.87. The molecule has 3 rings (SSSR count). The first-order chi connectivity index (χ1) is 12.2. The zero-order valence-corrected chi connectivity index (χ0v) is 14.2. The van der Waals surface area contributed by atoms with Crippen molar-refractivity contribution in [3.63, 3.8) is 0 Å². The van der Waals surface area contributed by atoms with Gasteiger partial charge in [0.25, 0.3) is 5.91 Å². The number of nitrogens with zero attached hydrogens (tertiary/aromatic N) is 2. The molecule has 132 valence electrons. The van der Waals surface area contributed by atoms with Crippen LogP contribution in [0.15, 0.2) is 54.6 Å². The lowest BCUT2D eigenvalue weighted by atomic mass is 10.2. The van der Waals surface area contributed by atoms with E-state index in [9.17, 15) is 9.18 Å². The second kappa shape index (κ2) is 8.62. The molecular weight excluding hydrogens is 319 g/mol. The van der Waals surface area contributed by atoms with Gasteiger partial charge in [-0.3, -0.25) is 9.69 Å². The Morgan fingerprint density at radius 2 is 1.72 bits per heavy atom. The number of hydrogen-bond donors (Lipinski definition) is 0. The van der Waals surface area contributed by atoms with Crippen LogP contribution in [0.1, 0.15) is 12.0 Å². The molecule has 5 heteroatoms. The highest BCUT2D eigenvalue weighted by Gasteiger charge is 2.20. The molecular formula is C20H23FN2O2. The van der Waals surface area contributed by atoms with E-state index in [1.165, 1.54) is 17.7 Å². The summed E-state index contributed by atoms with van der Waals surface area (Å²) in [6.45, 7) is 3.96. The number of rotatable bonds is 5. The number of ether oxygens (including phenoxy) is 1. The highest BCUT2D eigenvalue weighted by molar-refractivity contribution is 5.77. The van der Waals surface area contributed by atoms with E-state index >= 15 is 0 Å². The minimum atomic E-state index is -0.444. The molecule has 0 saturated carbocycles. The van der Waals surface area contributed by atoms with Crippen LogP contribution in [0.25, 0.3) is 0 Å². The normalized spacial score (nSPS) is 15.6. The first-order valence-electron chi connectivity index (χ1n) is 8.64. The molecule has 0 unspecified atom stereocenters. The fourth-order valence-corrected chi connectivity index (χ4v) is 3.01. The molecule has 4 nitrogen and oxygen atoms in total. The summed E-state index contributed by atoms with van der Waals surface area (Å²) in [7, 11) is 0. The van der Waals surface area contributed by atoms with Gasteiger partial charge in [-0.05, 0) is 24.1 Å². The van der Waals surface area contributed by atoms with Crippen LogP contribution in [0, 0.1) is 5.82 Å². The van der Waals surface area contributed by atoms with Gasteiger partial charge < -0.3 is 9.64 Å². The summed E-state index contributed by atoms with van der Waals surface area (Å²) >= 11 is 0. The predicted octanol–water partition coefficient (Wildman–Crippen LogP) is 2.94. The topological polar surface area (TPSA) is 32.8 Å². The van der Waals surface area contributed by atoms with E-state index in [2.05, 4.69) is 17.0 Å². The number of carbonyl (C=O) groups excluding carboxylic acids is 1. The molecule has 1 amide bonds. The first-order valence-corrected chi connectivity index (χ1v) is 8.64. The molecule has 0 N–H and O–H groups in total. The van der Waals surface area contributed by atoms with Crippen LogP contribution >= 0.6 is 0 Å². The Bertz CT molecular complexity index is 693. The summed E-state index contributed by atoms with van der Waals surface area (Å²) in [5.41, 5.74) is 1.28. The summed E-state index contributed by atoms with van der Waals surface area (Å²) in [5.74, 6) is -0.415. The number of hydrogen-bond acceptors (Lipinski definition) is 3. The van der Waals surface area contributed by atoms with E-state index in [4.69, 9.17) is 4.74 Å². The molecule has 0 aromatic heterocycles. The van der Waals surface area contributed by atoms with Crippen LogP contribution in [0.2, 0.25) is 0 Å². The second-order valence-corrected chi connectivity index (χ2v) is 6.22. The highest BCUT2D eigenvalue weighted by Crippen LogP contribution is 2.15. The van der Waals surface area contributed by atoms with E-state index in [0.717, 1.165) is 26.1 Å². The third kappa shape index (κ3) is 5.03. The minimum Gasteiger partial charge on any atom is -0.481 e. The quantitative estimate of drug-likeness (QED) is 0.838. The number of amides is 1. The van der Waals surface area contributed by atoms with Gasteiger partial charge in [0.15, 0.2) is 18.2 Å². The largest absolute Gasteiger partial charge is 0.481 e.